The van der Waals surface area contributed by atoms with Gasteiger partial charge in [-0.25, -0.2) is 0 Å². The van der Waals surface area contributed by atoms with Gasteiger partial charge >= 0.3 is 0 Å². The lowest BCUT2D eigenvalue weighted by Crippen LogP contribution is -2.15. The van der Waals surface area contributed by atoms with Crippen molar-refractivity contribution in [2.24, 2.45) is 0 Å². The predicted molar refractivity (Wildman–Crippen MR) is 47.5 cm³/mol. The molecule has 0 aliphatic heterocycles. The number of amides is 1. The summed E-state index contributed by atoms with van der Waals surface area (Å²) in [7, 11) is 1.61. The molecule has 3 heteroatoms. The minimum atomic E-state index is -0.0890. The summed E-state index contributed by atoms with van der Waals surface area (Å²) >= 11 is 3.89. The number of benzene rings is 1. The van der Waals surface area contributed by atoms with Gasteiger partial charge in [0.05, 0.1) is 0 Å². The molecule has 0 unspecified atom stereocenters. The van der Waals surface area contributed by atoms with Crippen molar-refractivity contribution in [2.45, 2.75) is 0 Å². The van der Waals surface area contributed by atoms with E-state index in [1.807, 2.05) is 18.2 Å². The lowest BCUT2D eigenvalue weighted by molar-refractivity contribution is 0.0894. The summed E-state index contributed by atoms with van der Waals surface area (Å²) in [4.78, 5) is 11.2. The van der Waals surface area contributed by atoms with Crippen LogP contribution in [-0.4, -0.2) is 17.3 Å². The van der Waals surface area contributed by atoms with Gasteiger partial charge in [0.1, 0.15) is 0 Å². The Morgan fingerprint density at radius 3 is 2.36 bits per heavy atom. The highest BCUT2D eigenvalue weighted by atomic mass is 32.1. The number of hydrogen-bond acceptors (Lipinski definition) is 2. The molecule has 0 aromatic heterocycles. The first-order valence-corrected chi connectivity index (χ1v) is 3.64. The third kappa shape index (κ3) is 1.98. The molecule has 1 aromatic carbocycles. The Hall–Kier alpha value is -0.960. The Bertz CT molecular complexity index is 246. The first-order chi connectivity index (χ1) is 5.22. The van der Waals surface area contributed by atoms with Crippen molar-refractivity contribution in [3.8, 4) is 0 Å². The van der Waals surface area contributed by atoms with Crippen molar-refractivity contribution in [3.05, 3.63) is 35.9 Å². The number of nitrogens with zero attached hydrogens (tertiary/aromatic N) is 1. The van der Waals surface area contributed by atoms with E-state index in [4.69, 9.17) is 0 Å². The molecule has 0 aliphatic carbocycles. The first-order valence-electron chi connectivity index (χ1n) is 3.24. The van der Waals surface area contributed by atoms with Gasteiger partial charge in [0.25, 0.3) is 5.91 Å². The zero-order valence-electron chi connectivity index (χ0n) is 6.19. The highest BCUT2D eigenvalue weighted by molar-refractivity contribution is 7.78. The Labute approximate surface area is 71.4 Å². The minimum absolute atomic E-state index is 0.0890. The second-order valence-corrected chi connectivity index (χ2v) is 2.79. The van der Waals surface area contributed by atoms with Crippen LogP contribution in [-0.2, 0) is 0 Å². The third-order valence-corrected chi connectivity index (χ3v) is 1.50. The highest BCUT2D eigenvalue weighted by Crippen LogP contribution is 2.03. The van der Waals surface area contributed by atoms with E-state index in [0.717, 1.165) is 0 Å². The number of carbonyl (C=O) groups excluding carboxylic acids is 1. The first kappa shape index (κ1) is 8.14. The van der Waals surface area contributed by atoms with Crippen LogP contribution in [0, 0.1) is 0 Å². The fraction of sp³-hybridized carbons (Fsp3) is 0.125. The molecule has 0 radical (unpaired) electrons. The summed E-state index contributed by atoms with van der Waals surface area (Å²) in [5, 5.41) is 0. The highest BCUT2D eigenvalue weighted by Gasteiger charge is 2.05. The summed E-state index contributed by atoms with van der Waals surface area (Å²) in [6, 6.07) is 9.04. The van der Waals surface area contributed by atoms with Gasteiger partial charge < -0.3 is 0 Å². The van der Waals surface area contributed by atoms with Crippen LogP contribution in [0.5, 0.6) is 0 Å². The van der Waals surface area contributed by atoms with Gasteiger partial charge in [0.2, 0.25) is 0 Å². The molecule has 58 valence electrons. The standard InChI is InChI=1S/C8H9NOS/c1-9(11)8(10)7-5-3-2-4-6-7/h2-6,11H,1H3. The van der Waals surface area contributed by atoms with Crippen molar-refractivity contribution < 1.29 is 4.79 Å². The molecular formula is C8H9NOS. The molecule has 1 rings (SSSR count). The average Bonchev–Trinajstić information content (AvgIpc) is 2.05. The molecule has 0 atom stereocenters. The molecular weight excluding hydrogens is 158 g/mol. The summed E-state index contributed by atoms with van der Waals surface area (Å²) in [5.41, 5.74) is 0.657. The van der Waals surface area contributed by atoms with Crippen molar-refractivity contribution in [1.29, 1.82) is 0 Å². The van der Waals surface area contributed by atoms with Gasteiger partial charge in [-0.05, 0) is 12.1 Å². The van der Waals surface area contributed by atoms with Crippen LogP contribution in [0.4, 0.5) is 0 Å². The zero-order chi connectivity index (χ0) is 8.27. The van der Waals surface area contributed by atoms with E-state index in [1.165, 1.54) is 4.31 Å². The summed E-state index contributed by atoms with van der Waals surface area (Å²) in [6.07, 6.45) is 0. The molecule has 11 heavy (non-hydrogen) atoms. The van der Waals surface area contributed by atoms with Crippen molar-refractivity contribution >= 4 is 18.7 Å². The smallest absolute Gasteiger partial charge is 0.263 e. The maximum atomic E-state index is 11.2. The molecule has 0 N–H and O–H groups in total. The second kappa shape index (κ2) is 3.44. The summed E-state index contributed by atoms with van der Waals surface area (Å²) in [5.74, 6) is -0.0890. The van der Waals surface area contributed by atoms with Crippen molar-refractivity contribution in [3.63, 3.8) is 0 Å². The van der Waals surface area contributed by atoms with Crippen molar-refractivity contribution in [2.75, 3.05) is 7.05 Å². The number of rotatable bonds is 1. The maximum absolute atomic E-state index is 11.2. The van der Waals surface area contributed by atoms with E-state index in [-0.39, 0.29) is 5.91 Å². The van der Waals surface area contributed by atoms with E-state index in [0.29, 0.717) is 5.56 Å². The lowest BCUT2D eigenvalue weighted by atomic mass is 10.2. The van der Waals surface area contributed by atoms with Gasteiger partial charge in [-0.3, -0.25) is 9.10 Å². The SMILES string of the molecule is CN(S)C(=O)c1ccccc1. The van der Waals surface area contributed by atoms with Crippen LogP contribution >= 0.6 is 12.8 Å². The Kier molecular flexibility index (Phi) is 2.54. The summed E-state index contributed by atoms with van der Waals surface area (Å²) < 4.78 is 1.26. The fourth-order valence-electron chi connectivity index (χ4n) is 0.768. The van der Waals surface area contributed by atoms with Gasteiger partial charge in [-0.15, -0.1) is 0 Å². The number of hydrogen-bond donors (Lipinski definition) is 1. The van der Waals surface area contributed by atoms with Crippen LogP contribution in [0.1, 0.15) is 10.4 Å². The monoisotopic (exact) mass is 167 g/mol. The lowest BCUT2D eigenvalue weighted by Gasteiger charge is -2.07. The number of carbonyl (C=O) groups is 1. The molecule has 0 fully saturated rings. The van der Waals surface area contributed by atoms with Gasteiger partial charge in [0.15, 0.2) is 0 Å². The van der Waals surface area contributed by atoms with Crippen LogP contribution in [0.15, 0.2) is 30.3 Å². The molecule has 1 aromatic rings. The van der Waals surface area contributed by atoms with Crippen LogP contribution < -0.4 is 0 Å². The minimum Gasteiger partial charge on any atom is -0.288 e. The second-order valence-electron chi connectivity index (χ2n) is 2.19. The Morgan fingerprint density at radius 1 is 1.36 bits per heavy atom. The summed E-state index contributed by atoms with van der Waals surface area (Å²) in [6.45, 7) is 0. The molecule has 0 spiro atoms. The Morgan fingerprint density at radius 2 is 1.91 bits per heavy atom. The van der Waals surface area contributed by atoms with Crippen LogP contribution in [0.2, 0.25) is 0 Å². The van der Waals surface area contributed by atoms with Gasteiger partial charge in [-0.2, -0.15) is 0 Å². The largest absolute Gasteiger partial charge is 0.288 e. The fourth-order valence-corrected chi connectivity index (χ4v) is 0.883. The average molecular weight is 167 g/mol. The molecule has 2 nitrogen and oxygen atoms in total. The third-order valence-electron chi connectivity index (χ3n) is 1.31. The predicted octanol–water partition coefficient (Wildman–Crippen LogP) is 1.60. The van der Waals surface area contributed by atoms with Crippen LogP contribution in [0.25, 0.3) is 0 Å². The number of thiol groups is 1. The molecule has 0 heterocycles. The molecule has 0 aliphatic rings. The molecule has 0 bridgehead atoms. The van der Waals surface area contributed by atoms with Gasteiger partial charge in [0, 0.05) is 12.6 Å². The van der Waals surface area contributed by atoms with E-state index >= 15 is 0 Å². The molecule has 1 amide bonds. The quantitative estimate of drug-likeness (QED) is 0.630. The normalized spacial score (nSPS) is 9.27. The Balaban J connectivity index is 2.86. The van der Waals surface area contributed by atoms with Gasteiger partial charge in [-0.1, -0.05) is 31.0 Å². The van der Waals surface area contributed by atoms with E-state index in [9.17, 15) is 4.79 Å². The van der Waals surface area contributed by atoms with Crippen molar-refractivity contribution in [1.82, 2.24) is 4.31 Å². The van der Waals surface area contributed by atoms with E-state index in [1.54, 1.807) is 19.2 Å². The molecule has 0 saturated carbocycles. The topological polar surface area (TPSA) is 20.3 Å². The van der Waals surface area contributed by atoms with E-state index in [2.05, 4.69) is 12.8 Å². The van der Waals surface area contributed by atoms with Crippen LogP contribution in [0.3, 0.4) is 0 Å². The zero-order valence-corrected chi connectivity index (χ0v) is 7.08. The maximum Gasteiger partial charge on any atom is 0.263 e. The molecule has 0 saturated heterocycles. The van der Waals surface area contributed by atoms with E-state index < -0.39 is 0 Å².